The Kier molecular flexibility index (Phi) is 4.99. The summed E-state index contributed by atoms with van der Waals surface area (Å²) in [5.74, 6) is -0.223. The molecule has 1 unspecified atom stereocenters. The van der Waals surface area contributed by atoms with Crippen molar-refractivity contribution in [3.63, 3.8) is 0 Å². The summed E-state index contributed by atoms with van der Waals surface area (Å²) < 4.78 is 13.1. The largest absolute Gasteiger partial charge is 0.349 e. The molecular formula is C17H25FN2O. The molecule has 0 radical (unpaired) electrons. The molecule has 116 valence electrons. The Balaban J connectivity index is 1.95. The highest BCUT2D eigenvalue weighted by Crippen LogP contribution is 2.32. The van der Waals surface area contributed by atoms with Crippen LogP contribution in [0.25, 0.3) is 0 Å². The molecule has 1 amide bonds. The molecule has 1 aromatic carbocycles. The van der Waals surface area contributed by atoms with Gasteiger partial charge in [0.15, 0.2) is 0 Å². The fourth-order valence-corrected chi connectivity index (χ4v) is 2.37. The van der Waals surface area contributed by atoms with Crippen LogP contribution in [-0.2, 0) is 4.79 Å². The predicted molar refractivity (Wildman–Crippen MR) is 82.4 cm³/mol. The fourth-order valence-electron chi connectivity index (χ4n) is 2.37. The topological polar surface area (TPSA) is 41.1 Å². The van der Waals surface area contributed by atoms with Crippen LogP contribution in [-0.4, -0.2) is 18.5 Å². The van der Waals surface area contributed by atoms with Gasteiger partial charge in [-0.3, -0.25) is 4.79 Å². The molecule has 0 heterocycles. The molecule has 1 aliphatic rings. The Hall–Kier alpha value is -1.42. The van der Waals surface area contributed by atoms with Crippen molar-refractivity contribution in [2.45, 2.75) is 52.1 Å². The lowest BCUT2D eigenvalue weighted by atomic mass is 9.82. The van der Waals surface area contributed by atoms with E-state index in [1.165, 1.54) is 25.0 Å². The van der Waals surface area contributed by atoms with Gasteiger partial charge in [-0.05, 0) is 36.0 Å². The summed E-state index contributed by atoms with van der Waals surface area (Å²) in [7, 11) is 0. The molecule has 0 aromatic heterocycles. The molecule has 1 atom stereocenters. The van der Waals surface area contributed by atoms with E-state index in [0.29, 0.717) is 12.5 Å². The molecule has 0 saturated heterocycles. The number of hydrogen-bond donors (Lipinski definition) is 2. The normalized spacial score (nSPS) is 16.6. The zero-order valence-corrected chi connectivity index (χ0v) is 13.1. The second kappa shape index (κ2) is 6.56. The highest BCUT2D eigenvalue weighted by molar-refractivity contribution is 5.76. The summed E-state index contributed by atoms with van der Waals surface area (Å²) in [6.07, 6.45) is 2.92. The minimum Gasteiger partial charge on any atom is -0.349 e. The van der Waals surface area contributed by atoms with Gasteiger partial charge >= 0.3 is 0 Å². The van der Waals surface area contributed by atoms with Crippen LogP contribution in [0.1, 0.15) is 51.6 Å². The van der Waals surface area contributed by atoms with Crippen LogP contribution in [0, 0.1) is 11.2 Å². The van der Waals surface area contributed by atoms with E-state index < -0.39 is 0 Å². The maximum Gasteiger partial charge on any atom is 0.221 e. The molecule has 1 aromatic rings. The summed E-state index contributed by atoms with van der Waals surface area (Å²) in [6.45, 7) is 6.94. The Morgan fingerprint density at radius 3 is 2.43 bits per heavy atom. The fraction of sp³-hybridized carbons (Fsp3) is 0.588. The highest BCUT2D eigenvalue weighted by Gasteiger charge is 2.28. The van der Waals surface area contributed by atoms with E-state index >= 15 is 0 Å². The molecular weight excluding hydrogens is 267 g/mol. The summed E-state index contributed by atoms with van der Waals surface area (Å²) in [5.41, 5.74) is 0.810. The quantitative estimate of drug-likeness (QED) is 0.845. The van der Waals surface area contributed by atoms with Crippen LogP contribution < -0.4 is 10.6 Å². The molecule has 1 fully saturated rings. The highest BCUT2D eigenvalue weighted by atomic mass is 19.1. The number of carbonyl (C=O) groups excluding carboxylic acids is 1. The first kappa shape index (κ1) is 16.0. The van der Waals surface area contributed by atoms with E-state index in [0.717, 1.165) is 12.1 Å². The van der Waals surface area contributed by atoms with Crippen molar-refractivity contribution < 1.29 is 9.18 Å². The van der Waals surface area contributed by atoms with Gasteiger partial charge in [0, 0.05) is 19.0 Å². The number of hydrogen-bond acceptors (Lipinski definition) is 2. The predicted octanol–water partition coefficient (Wildman–Crippen LogP) is 3.17. The molecule has 4 heteroatoms. The zero-order valence-electron chi connectivity index (χ0n) is 13.1. The van der Waals surface area contributed by atoms with Crippen molar-refractivity contribution in [3.8, 4) is 0 Å². The van der Waals surface area contributed by atoms with Crippen LogP contribution in [0.15, 0.2) is 24.3 Å². The molecule has 0 bridgehead atoms. The Morgan fingerprint density at radius 2 is 1.90 bits per heavy atom. The van der Waals surface area contributed by atoms with Crippen molar-refractivity contribution in [3.05, 3.63) is 35.6 Å². The van der Waals surface area contributed by atoms with E-state index in [-0.39, 0.29) is 23.2 Å². The molecule has 0 spiro atoms. The summed E-state index contributed by atoms with van der Waals surface area (Å²) >= 11 is 0. The second-order valence-electron chi connectivity index (χ2n) is 6.90. The smallest absolute Gasteiger partial charge is 0.221 e. The minimum atomic E-state index is -0.258. The van der Waals surface area contributed by atoms with E-state index in [1.807, 2.05) is 0 Å². The first-order valence-corrected chi connectivity index (χ1v) is 7.64. The van der Waals surface area contributed by atoms with Gasteiger partial charge in [0.2, 0.25) is 5.91 Å². The van der Waals surface area contributed by atoms with Crippen LogP contribution in [0.4, 0.5) is 4.39 Å². The van der Waals surface area contributed by atoms with Crippen LogP contribution >= 0.6 is 0 Å². The number of rotatable bonds is 6. The van der Waals surface area contributed by atoms with Crippen molar-refractivity contribution in [2.24, 2.45) is 5.41 Å². The zero-order chi connectivity index (χ0) is 15.5. The third-order valence-corrected chi connectivity index (χ3v) is 3.74. The van der Waals surface area contributed by atoms with Crippen LogP contribution in [0.2, 0.25) is 0 Å². The van der Waals surface area contributed by atoms with Gasteiger partial charge in [-0.1, -0.05) is 32.9 Å². The summed E-state index contributed by atoms with van der Waals surface area (Å²) in [4.78, 5) is 12.1. The number of carbonyl (C=O) groups is 1. The molecule has 21 heavy (non-hydrogen) atoms. The van der Waals surface area contributed by atoms with E-state index in [1.54, 1.807) is 12.1 Å². The molecule has 1 aliphatic carbocycles. The van der Waals surface area contributed by atoms with Crippen molar-refractivity contribution in [1.29, 1.82) is 0 Å². The maximum atomic E-state index is 13.1. The van der Waals surface area contributed by atoms with Crippen molar-refractivity contribution in [1.82, 2.24) is 10.6 Å². The Morgan fingerprint density at radius 1 is 1.29 bits per heavy atom. The standard InChI is InChI=1S/C17H25FN2O/c1-17(2,3)16(12-4-6-13(18)7-5-12)20-15(21)10-11-19-14-8-9-14/h4-7,14,16,19H,8-11H2,1-3H3,(H,20,21). The van der Waals surface area contributed by atoms with E-state index in [4.69, 9.17) is 0 Å². The lowest BCUT2D eigenvalue weighted by Crippen LogP contribution is -2.38. The van der Waals surface area contributed by atoms with Gasteiger partial charge in [-0.25, -0.2) is 4.39 Å². The summed E-state index contributed by atoms with van der Waals surface area (Å²) in [6, 6.07) is 6.87. The average molecular weight is 292 g/mol. The third-order valence-electron chi connectivity index (χ3n) is 3.74. The van der Waals surface area contributed by atoms with Crippen LogP contribution in [0.3, 0.4) is 0 Å². The number of halogens is 1. The third kappa shape index (κ3) is 5.12. The lowest BCUT2D eigenvalue weighted by Gasteiger charge is -2.32. The van der Waals surface area contributed by atoms with Gasteiger partial charge in [0.05, 0.1) is 6.04 Å². The van der Waals surface area contributed by atoms with Gasteiger partial charge in [-0.2, -0.15) is 0 Å². The molecule has 2 rings (SSSR count). The van der Waals surface area contributed by atoms with E-state index in [9.17, 15) is 9.18 Å². The SMILES string of the molecule is CC(C)(C)C(NC(=O)CCNC1CC1)c1ccc(F)cc1. The van der Waals surface area contributed by atoms with Gasteiger partial charge < -0.3 is 10.6 Å². The van der Waals surface area contributed by atoms with Gasteiger partial charge in [-0.15, -0.1) is 0 Å². The van der Waals surface area contributed by atoms with Gasteiger partial charge in [0.25, 0.3) is 0 Å². The van der Waals surface area contributed by atoms with Crippen molar-refractivity contribution >= 4 is 5.91 Å². The lowest BCUT2D eigenvalue weighted by molar-refractivity contribution is -0.122. The van der Waals surface area contributed by atoms with Crippen molar-refractivity contribution in [2.75, 3.05) is 6.54 Å². The maximum absolute atomic E-state index is 13.1. The first-order valence-electron chi connectivity index (χ1n) is 7.64. The molecule has 1 saturated carbocycles. The number of nitrogens with one attached hydrogen (secondary N) is 2. The number of amides is 1. The molecule has 3 nitrogen and oxygen atoms in total. The number of benzene rings is 1. The minimum absolute atomic E-state index is 0.0346. The monoisotopic (exact) mass is 292 g/mol. The molecule has 2 N–H and O–H groups in total. The van der Waals surface area contributed by atoms with E-state index in [2.05, 4.69) is 31.4 Å². The van der Waals surface area contributed by atoms with Gasteiger partial charge in [0.1, 0.15) is 5.82 Å². The average Bonchev–Trinajstić information content (AvgIpc) is 3.20. The second-order valence-corrected chi connectivity index (χ2v) is 6.90. The Labute approximate surface area is 126 Å². The Bertz CT molecular complexity index is 475. The first-order chi connectivity index (χ1) is 9.86. The molecule has 0 aliphatic heterocycles. The van der Waals surface area contributed by atoms with Crippen LogP contribution in [0.5, 0.6) is 0 Å². The summed E-state index contributed by atoms with van der Waals surface area (Å²) in [5, 5.41) is 6.42.